The third-order valence-electron chi connectivity index (χ3n) is 3.80. The largest absolute Gasteiger partial charge is 0.478 e. The molecule has 2 aromatic rings. The molecule has 0 radical (unpaired) electrons. The topological polar surface area (TPSA) is 92.4 Å². The molecule has 0 bridgehead atoms. The van der Waals surface area contributed by atoms with Gasteiger partial charge in [0.25, 0.3) is 5.91 Å². The van der Waals surface area contributed by atoms with Gasteiger partial charge in [0, 0.05) is 17.7 Å². The molecule has 0 fully saturated rings. The molecule has 2 N–H and O–H groups in total. The van der Waals surface area contributed by atoms with Crippen LogP contribution in [0.15, 0.2) is 28.8 Å². The van der Waals surface area contributed by atoms with Gasteiger partial charge < -0.3 is 14.9 Å². The zero-order valence-electron chi connectivity index (χ0n) is 12.0. The number of amides is 1. The van der Waals surface area contributed by atoms with Crippen LogP contribution in [0.5, 0.6) is 0 Å². The van der Waals surface area contributed by atoms with Gasteiger partial charge in [-0.2, -0.15) is 0 Å². The Labute approximate surface area is 127 Å². The lowest BCUT2D eigenvalue weighted by Gasteiger charge is -2.05. The van der Waals surface area contributed by atoms with Crippen LogP contribution < -0.4 is 5.32 Å². The van der Waals surface area contributed by atoms with Crippen molar-refractivity contribution in [2.24, 2.45) is 0 Å². The van der Waals surface area contributed by atoms with E-state index in [1.165, 1.54) is 12.1 Å². The Morgan fingerprint density at radius 1 is 1.09 bits per heavy atom. The highest BCUT2D eigenvalue weighted by atomic mass is 16.5. The van der Waals surface area contributed by atoms with Gasteiger partial charge in [-0.3, -0.25) is 4.79 Å². The van der Waals surface area contributed by atoms with Crippen LogP contribution in [0.2, 0.25) is 0 Å². The summed E-state index contributed by atoms with van der Waals surface area (Å²) in [7, 11) is 0. The summed E-state index contributed by atoms with van der Waals surface area (Å²) in [5, 5.41) is 15.5. The molecule has 1 amide bonds. The first-order valence-corrected chi connectivity index (χ1v) is 7.27. The number of carboxylic acid groups (broad SMARTS) is 1. The number of aromatic carboxylic acids is 1. The Morgan fingerprint density at radius 2 is 1.82 bits per heavy atom. The van der Waals surface area contributed by atoms with Gasteiger partial charge in [-0.25, -0.2) is 4.79 Å². The molecule has 0 saturated heterocycles. The van der Waals surface area contributed by atoms with Crippen molar-refractivity contribution >= 4 is 17.6 Å². The van der Waals surface area contributed by atoms with Crippen LogP contribution in [-0.4, -0.2) is 22.1 Å². The number of carbonyl (C=O) groups excluding carboxylic acids is 1. The molecule has 1 heterocycles. The summed E-state index contributed by atoms with van der Waals surface area (Å²) < 4.78 is 5.29. The minimum absolute atomic E-state index is 0.174. The van der Waals surface area contributed by atoms with Crippen LogP contribution >= 0.6 is 0 Å². The fraction of sp³-hybridized carbons (Fsp3) is 0.312. The van der Waals surface area contributed by atoms with Crippen molar-refractivity contribution in [2.75, 3.05) is 5.32 Å². The van der Waals surface area contributed by atoms with Crippen LogP contribution in [0, 0.1) is 0 Å². The number of anilines is 1. The highest BCUT2D eigenvalue weighted by Gasteiger charge is 2.23. The van der Waals surface area contributed by atoms with Gasteiger partial charge in [-0.05, 0) is 43.5 Å². The number of aryl methyl sites for hydroxylation is 1. The summed E-state index contributed by atoms with van der Waals surface area (Å²) in [6.07, 6.45) is 4.84. The normalized spacial score (nSPS) is 14.0. The molecule has 0 spiro atoms. The van der Waals surface area contributed by atoms with Crippen LogP contribution in [0.1, 0.15) is 51.4 Å². The summed E-state index contributed by atoms with van der Waals surface area (Å²) >= 11 is 0. The summed E-state index contributed by atoms with van der Waals surface area (Å²) in [5.41, 5.74) is 1.94. The number of carbonyl (C=O) groups is 2. The molecule has 6 nitrogen and oxygen atoms in total. The summed E-state index contributed by atoms with van der Waals surface area (Å²) in [6, 6.07) is 6.00. The van der Waals surface area contributed by atoms with E-state index in [0.717, 1.165) is 43.4 Å². The van der Waals surface area contributed by atoms with Gasteiger partial charge in [0.05, 0.1) is 5.56 Å². The smallest absolute Gasteiger partial charge is 0.335 e. The van der Waals surface area contributed by atoms with Crippen molar-refractivity contribution in [3.8, 4) is 0 Å². The second kappa shape index (κ2) is 6.01. The molecule has 1 aromatic carbocycles. The predicted molar refractivity (Wildman–Crippen MR) is 79.1 cm³/mol. The van der Waals surface area contributed by atoms with E-state index in [4.69, 9.17) is 9.63 Å². The average Bonchev–Trinajstić information content (AvgIpc) is 2.77. The third-order valence-corrected chi connectivity index (χ3v) is 3.80. The van der Waals surface area contributed by atoms with Crippen molar-refractivity contribution in [2.45, 2.75) is 32.1 Å². The molecule has 3 rings (SSSR count). The lowest BCUT2D eigenvalue weighted by Crippen LogP contribution is -2.14. The standard InChI is InChI=1S/C16H16N2O4/c19-15(17-11-8-6-10(7-9-11)16(20)21)14-12-4-2-1-3-5-13(12)22-18-14/h6-9H,1-5H2,(H,17,19)(H,20,21). The fourth-order valence-corrected chi connectivity index (χ4v) is 2.63. The fourth-order valence-electron chi connectivity index (χ4n) is 2.63. The Morgan fingerprint density at radius 3 is 2.55 bits per heavy atom. The highest BCUT2D eigenvalue weighted by molar-refractivity contribution is 6.04. The third kappa shape index (κ3) is 2.86. The molecule has 6 heteroatoms. The lowest BCUT2D eigenvalue weighted by atomic mass is 10.1. The van der Waals surface area contributed by atoms with Crippen LogP contribution in [0.25, 0.3) is 0 Å². The molecular formula is C16H16N2O4. The molecule has 22 heavy (non-hydrogen) atoms. The average molecular weight is 300 g/mol. The lowest BCUT2D eigenvalue weighted by molar-refractivity contribution is 0.0696. The number of rotatable bonds is 3. The quantitative estimate of drug-likeness (QED) is 0.850. The van der Waals surface area contributed by atoms with E-state index in [1.807, 2.05) is 0 Å². The molecule has 1 aromatic heterocycles. The Hall–Kier alpha value is -2.63. The Balaban J connectivity index is 1.77. The first-order valence-electron chi connectivity index (χ1n) is 7.27. The first kappa shape index (κ1) is 14.3. The van der Waals surface area contributed by atoms with Gasteiger partial charge in [-0.1, -0.05) is 11.6 Å². The zero-order valence-corrected chi connectivity index (χ0v) is 12.0. The second-order valence-corrected chi connectivity index (χ2v) is 5.33. The monoisotopic (exact) mass is 300 g/mol. The van der Waals surface area contributed by atoms with Gasteiger partial charge in [0.15, 0.2) is 5.69 Å². The van der Waals surface area contributed by atoms with Gasteiger partial charge in [0.2, 0.25) is 0 Å². The van der Waals surface area contributed by atoms with Crippen molar-refractivity contribution < 1.29 is 19.2 Å². The minimum Gasteiger partial charge on any atom is -0.478 e. The zero-order chi connectivity index (χ0) is 15.5. The van der Waals surface area contributed by atoms with Crippen molar-refractivity contribution in [3.63, 3.8) is 0 Å². The number of carboxylic acids is 1. The SMILES string of the molecule is O=C(O)c1ccc(NC(=O)c2noc3c2CCCCC3)cc1. The highest BCUT2D eigenvalue weighted by Crippen LogP contribution is 2.24. The van der Waals surface area contributed by atoms with E-state index >= 15 is 0 Å². The molecule has 0 aliphatic heterocycles. The number of aromatic nitrogens is 1. The number of hydrogen-bond donors (Lipinski definition) is 2. The summed E-state index contributed by atoms with van der Waals surface area (Å²) in [4.78, 5) is 23.1. The van der Waals surface area contributed by atoms with Crippen molar-refractivity contribution in [1.82, 2.24) is 5.16 Å². The van der Waals surface area contributed by atoms with E-state index < -0.39 is 5.97 Å². The molecule has 114 valence electrons. The Bertz CT molecular complexity index is 703. The van der Waals surface area contributed by atoms with Crippen molar-refractivity contribution in [3.05, 3.63) is 46.8 Å². The summed E-state index contributed by atoms with van der Waals surface area (Å²) in [5.74, 6) is -0.515. The minimum atomic E-state index is -1.00. The number of nitrogens with zero attached hydrogens (tertiary/aromatic N) is 1. The molecule has 0 unspecified atom stereocenters. The number of nitrogens with one attached hydrogen (secondary N) is 1. The van der Waals surface area contributed by atoms with Gasteiger partial charge >= 0.3 is 5.97 Å². The van der Waals surface area contributed by atoms with E-state index in [0.29, 0.717) is 11.4 Å². The molecule has 1 aliphatic rings. The number of benzene rings is 1. The van der Waals surface area contributed by atoms with Crippen LogP contribution in [0.3, 0.4) is 0 Å². The number of fused-ring (bicyclic) bond motifs is 1. The maximum atomic E-state index is 12.3. The van der Waals surface area contributed by atoms with E-state index in [2.05, 4.69) is 10.5 Å². The number of hydrogen-bond acceptors (Lipinski definition) is 4. The maximum absolute atomic E-state index is 12.3. The van der Waals surface area contributed by atoms with E-state index in [9.17, 15) is 9.59 Å². The summed E-state index contributed by atoms with van der Waals surface area (Å²) in [6.45, 7) is 0. The van der Waals surface area contributed by atoms with Gasteiger partial charge in [-0.15, -0.1) is 0 Å². The molecular weight excluding hydrogens is 284 g/mol. The first-order chi connectivity index (χ1) is 10.6. The Kier molecular flexibility index (Phi) is 3.91. The second-order valence-electron chi connectivity index (χ2n) is 5.33. The van der Waals surface area contributed by atoms with Crippen molar-refractivity contribution in [1.29, 1.82) is 0 Å². The van der Waals surface area contributed by atoms with Gasteiger partial charge in [0.1, 0.15) is 5.76 Å². The molecule has 1 aliphatic carbocycles. The van der Waals surface area contributed by atoms with Crippen LogP contribution in [0.4, 0.5) is 5.69 Å². The van der Waals surface area contributed by atoms with E-state index in [-0.39, 0.29) is 11.5 Å². The predicted octanol–water partition coefficient (Wildman–Crippen LogP) is 2.89. The van der Waals surface area contributed by atoms with Crippen LogP contribution in [-0.2, 0) is 12.8 Å². The molecule has 0 saturated carbocycles. The van der Waals surface area contributed by atoms with E-state index in [1.54, 1.807) is 12.1 Å². The molecule has 0 atom stereocenters. The maximum Gasteiger partial charge on any atom is 0.335 e.